The lowest BCUT2D eigenvalue weighted by Gasteiger charge is -2.29. The fraction of sp³-hybridized carbons (Fsp3) is 0.882. The predicted molar refractivity (Wildman–Crippen MR) is 83.8 cm³/mol. The topological polar surface area (TPSA) is 30.7 Å². The fourth-order valence-corrected chi connectivity index (χ4v) is 3.41. The minimum Gasteiger partial charge on any atom is -0.244 e. The fourth-order valence-electron chi connectivity index (χ4n) is 3.41. The van der Waals surface area contributed by atoms with Gasteiger partial charge >= 0.3 is 0 Å². The van der Waals surface area contributed by atoms with Crippen molar-refractivity contribution >= 4 is 0 Å². The van der Waals surface area contributed by atoms with Gasteiger partial charge in [-0.25, -0.2) is 4.68 Å². The number of fused-ring (bicyclic) bond motifs is 1. The van der Waals surface area contributed by atoms with E-state index in [-0.39, 0.29) is 5.54 Å². The standard InChI is InChI=1S/C17H31N3/c1-16(2,3)12-13-9-7-8-10-14-15(11-13)20(19-18-14)17(4,5)6/h13H,7-12H2,1-6H3. The first-order valence-corrected chi connectivity index (χ1v) is 8.11. The Kier molecular flexibility index (Phi) is 4.27. The van der Waals surface area contributed by atoms with E-state index in [0.717, 1.165) is 18.8 Å². The van der Waals surface area contributed by atoms with Crippen LogP contribution in [0.25, 0.3) is 0 Å². The normalized spacial score (nSPS) is 21.2. The van der Waals surface area contributed by atoms with E-state index in [1.165, 1.54) is 37.1 Å². The van der Waals surface area contributed by atoms with E-state index in [9.17, 15) is 0 Å². The number of nitrogens with zero attached hydrogens (tertiary/aromatic N) is 3. The van der Waals surface area contributed by atoms with Crippen LogP contribution in [0.4, 0.5) is 0 Å². The molecule has 1 aromatic heterocycles. The molecule has 3 heteroatoms. The van der Waals surface area contributed by atoms with Crippen molar-refractivity contribution in [3.05, 3.63) is 11.4 Å². The van der Waals surface area contributed by atoms with Crippen molar-refractivity contribution in [3.63, 3.8) is 0 Å². The van der Waals surface area contributed by atoms with Crippen LogP contribution in [-0.4, -0.2) is 15.0 Å². The Morgan fingerprint density at radius 3 is 2.40 bits per heavy atom. The lowest BCUT2D eigenvalue weighted by Crippen LogP contribution is -2.28. The second kappa shape index (κ2) is 5.50. The summed E-state index contributed by atoms with van der Waals surface area (Å²) in [7, 11) is 0. The third kappa shape index (κ3) is 3.83. The monoisotopic (exact) mass is 277 g/mol. The van der Waals surface area contributed by atoms with Crippen molar-refractivity contribution in [1.82, 2.24) is 15.0 Å². The summed E-state index contributed by atoms with van der Waals surface area (Å²) in [5.74, 6) is 0.772. The summed E-state index contributed by atoms with van der Waals surface area (Å²) < 4.78 is 2.17. The molecule has 0 amide bonds. The SMILES string of the molecule is CC(C)(C)CC1CCCCc2nnn(C(C)(C)C)c2C1. The van der Waals surface area contributed by atoms with E-state index >= 15 is 0 Å². The first-order valence-electron chi connectivity index (χ1n) is 8.11. The number of hydrogen-bond donors (Lipinski definition) is 0. The Labute approximate surface area is 124 Å². The molecule has 1 aromatic rings. The van der Waals surface area contributed by atoms with Crippen LogP contribution in [0.15, 0.2) is 0 Å². The van der Waals surface area contributed by atoms with Crippen LogP contribution < -0.4 is 0 Å². The van der Waals surface area contributed by atoms with Crippen molar-refractivity contribution < 1.29 is 0 Å². The van der Waals surface area contributed by atoms with Gasteiger partial charge in [0.15, 0.2) is 0 Å². The zero-order valence-electron chi connectivity index (χ0n) is 14.2. The van der Waals surface area contributed by atoms with E-state index in [4.69, 9.17) is 0 Å². The maximum absolute atomic E-state index is 4.47. The van der Waals surface area contributed by atoms with E-state index in [0.29, 0.717) is 5.41 Å². The molecule has 2 rings (SSSR count). The van der Waals surface area contributed by atoms with Gasteiger partial charge in [0.2, 0.25) is 0 Å². The Morgan fingerprint density at radius 1 is 1.10 bits per heavy atom. The molecule has 0 saturated carbocycles. The Morgan fingerprint density at radius 2 is 1.80 bits per heavy atom. The highest BCUT2D eigenvalue weighted by molar-refractivity contribution is 5.14. The van der Waals surface area contributed by atoms with Gasteiger partial charge in [-0.1, -0.05) is 38.8 Å². The second-order valence-electron chi connectivity index (χ2n) is 8.65. The first kappa shape index (κ1) is 15.5. The molecule has 20 heavy (non-hydrogen) atoms. The van der Waals surface area contributed by atoms with Crippen molar-refractivity contribution in [2.45, 2.75) is 85.6 Å². The number of aromatic nitrogens is 3. The average molecular weight is 277 g/mol. The van der Waals surface area contributed by atoms with Gasteiger partial charge in [-0.2, -0.15) is 0 Å². The van der Waals surface area contributed by atoms with Crippen LogP contribution in [0.5, 0.6) is 0 Å². The minimum atomic E-state index is 0.0338. The number of aryl methyl sites for hydroxylation is 1. The highest BCUT2D eigenvalue weighted by Gasteiger charge is 2.27. The van der Waals surface area contributed by atoms with Gasteiger partial charge in [0.1, 0.15) is 0 Å². The van der Waals surface area contributed by atoms with Crippen molar-refractivity contribution in [3.8, 4) is 0 Å². The minimum absolute atomic E-state index is 0.0338. The molecule has 0 aliphatic heterocycles. The molecule has 1 aliphatic carbocycles. The Bertz CT molecular complexity index is 446. The Balaban J connectivity index is 2.28. The van der Waals surface area contributed by atoms with Gasteiger partial charge in [0.05, 0.1) is 16.9 Å². The smallest absolute Gasteiger partial charge is 0.0859 e. The van der Waals surface area contributed by atoms with Gasteiger partial charge in [0, 0.05) is 0 Å². The Hall–Kier alpha value is -0.860. The lowest BCUT2D eigenvalue weighted by atomic mass is 9.79. The molecule has 1 aliphatic rings. The van der Waals surface area contributed by atoms with Gasteiger partial charge in [-0.15, -0.1) is 5.10 Å². The number of hydrogen-bond acceptors (Lipinski definition) is 2. The molecule has 0 radical (unpaired) electrons. The van der Waals surface area contributed by atoms with E-state index in [1.54, 1.807) is 0 Å². The van der Waals surface area contributed by atoms with E-state index < -0.39 is 0 Å². The third-order valence-electron chi connectivity index (χ3n) is 4.14. The molecule has 1 heterocycles. The van der Waals surface area contributed by atoms with Crippen LogP contribution in [0.2, 0.25) is 0 Å². The molecule has 0 spiro atoms. The zero-order chi connectivity index (χ0) is 15.0. The molecule has 0 bridgehead atoms. The van der Waals surface area contributed by atoms with Gasteiger partial charge in [-0.05, 0) is 57.8 Å². The molecule has 0 saturated heterocycles. The maximum atomic E-state index is 4.47. The molecule has 0 aromatic carbocycles. The van der Waals surface area contributed by atoms with Gasteiger partial charge in [0.25, 0.3) is 0 Å². The molecule has 3 nitrogen and oxygen atoms in total. The summed E-state index contributed by atoms with van der Waals surface area (Å²) in [6.07, 6.45) is 7.50. The van der Waals surface area contributed by atoms with Crippen molar-refractivity contribution in [1.29, 1.82) is 0 Å². The van der Waals surface area contributed by atoms with Crippen LogP contribution in [-0.2, 0) is 18.4 Å². The van der Waals surface area contributed by atoms with Crippen LogP contribution in [0.3, 0.4) is 0 Å². The highest BCUT2D eigenvalue weighted by Crippen LogP contribution is 2.33. The zero-order valence-corrected chi connectivity index (χ0v) is 14.2. The predicted octanol–water partition coefficient (Wildman–Crippen LogP) is 4.35. The lowest BCUT2D eigenvalue weighted by molar-refractivity contribution is 0.261. The summed E-state index contributed by atoms with van der Waals surface area (Å²) in [5.41, 5.74) is 3.08. The summed E-state index contributed by atoms with van der Waals surface area (Å²) in [4.78, 5) is 0. The summed E-state index contributed by atoms with van der Waals surface area (Å²) in [6.45, 7) is 13.7. The van der Waals surface area contributed by atoms with E-state index in [2.05, 4.69) is 56.5 Å². The van der Waals surface area contributed by atoms with Gasteiger partial charge in [-0.3, -0.25) is 0 Å². The molecule has 0 N–H and O–H groups in total. The third-order valence-corrected chi connectivity index (χ3v) is 4.14. The van der Waals surface area contributed by atoms with Gasteiger partial charge < -0.3 is 0 Å². The second-order valence-corrected chi connectivity index (χ2v) is 8.65. The number of rotatable bonds is 1. The molecule has 0 fully saturated rings. The molecule has 1 atom stereocenters. The van der Waals surface area contributed by atoms with Crippen LogP contribution in [0, 0.1) is 11.3 Å². The molecular weight excluding hydrogens is 246 g/mol. The summed E-state index contributed by atoms with van der Waals surface area (Å²) >= 11 is 0. The highest BCUT2D eigenvalue weighted by atomic mass is 15.5. The first-order chi connectivity index (χ1) is 9.17. The molecule has 1 unspecified atom stereocenters. The summed E-state index contributed by atoms with van der Waals surface area (Å²) in [6, 6.07) is 0. The van der Waals surface area contributed by atoms with Crippen molar-refractivity contribution in [2.24, 2.45) is 11.3 Å². The quantitative estimate of drug-likeness (QED) is 0.764. The average Bonchev–Trinajstić information content (AvgIpc) is 2.60. The van der Waals surface area contributed by atoms with E-state index in [1.807, 2.05) is 0 Å². The molecule has 114 valence electrons. The van der Waals surface area contributed by atoms with Crippen LogP contribution in [0.1, 0.15) is 78.6 Å². The summed E-state index contributed by atoms with van der Waals surface area (Å²) in [5, 5.41) is 8.92. The van der Waals surface area contributed by atoms with Crippen LogP contribution >= 0.6 is 0 Å². The van der Waals surface area contributed by atoms with Crippen molar-refractivity contribution in [2.75, 3.05) is 0 Å². The molecular formula is C17H31N3. The largest absolute Gasteiger partial charge is 0.244 e. The maximum Gasteiger partial charge on any atom is 0.0859 e.